The van der Waals surface area contributed by atoms with Crippen LogP contribution >= 0.6 is 0 Å². The Bertz CT molecular complexity index is 1040. The molecule has 1 amide bonds. The smallest absolute Gasteiger partial charge is 0.223 e. The van der Waals surface area contributed by atoms with E-state index in [1.54, 1.807) is 12.1 Å². The van der Waals surface area contributed by atoms with Crippen LogP contribution in [0.15, 0.2) is 47.5 Å². The van der Waals surface area contributed by atoms with Crippen LogP contribution < -0.4 is 5.32 Å². The normalized spacial score (nSPS) is 22.5. The molecule has 2 heterocycles. The first kappa shape index (κ1) is 20.8. The van der Waals surface area contributed by atoms with Crippen molar-refractivity contribution in [3.8, 4) is 0 Å². The van der Waals surface area contributed by atoms with Crippen LogP contribution in [0.5, 0.6) is 0 Å². The highest BCUT2D eigenvalue weighted by Gasteiger charge is 2.40. The van der Waals surface area contributed by atoms with Gasteiger partial charge in [-0.25, -0.2) is 13.2 Å². The van der Waals surface area contributed by atoms with E-state index in [4.69, 9.17) is 4.99 Å². The van der Waals surface area contributed by atoms with Crippen LogP contribution in [-0.4, -0.2) is 47.3 Å². The topological polar surface area (TPSA) is 47.9 Å². The summed E-state index contributed by atoms with van der Waals surface area (Å²) in [5.74, 6) is -0.558. The summed E-state index contributed by atoms with van der Waals surface area (Å²) in [6.07, 6.45) is 3.61. The molecule has 32 heavy (non-hydrogen) atoms. The van der Waals surface area contributed by atoms with Crippen molar-refractivity contribution >= 4 is 17.4 Å². The molecule has 1 aliphatic carbocycles. The van der Waals surface area contributed by atoms with E-state index in [0.29, 0.717) is 37.7 Å². The zero-order valence-corrected chi connectivity index (χ0v) is 17.6. The molecule has 2 aromatic rings. The average molecular weight is 442 g/mol. The van der Waals surface area contributed by atoms with Gasteiger partial charge in [0, 0.05) is 31.3 Å². The molecule has 8 heteroatoms. The van der Waals surface area contributed by atoms with Gasteiger partial charge in [0.15, 0.2) is 11.6 Å². The number of amidine groups is 1. The fraction of sp³-hybridized carbons (Fsp3) is 0.417. The summed E-state index contributed by atoms with van der Waals surface area (Å²) in [5.41, 5.74) is 1.24. The quantitative estimate of drug-likeness (QED) is 0.725. The molecule has 0 radical (unpaired) electrons. The zero-order chi connectivity index (χ0) is 22.2. The van der Waals surface area contributed by atoms with Gasteiger partial charge in [-0.3, -0.25) is 9.79 Å². The minimum Gasteiger partial charge on any atom is -0.363 e. The molecular formula is C24H25F3N4O. The Hall–Kier alpha value is -3.03. The highest BCUT2D eigenvalue weighted by Crippen LogP contribution is 2.35. The fourth-order valence-corrected chi connectivity index (χ4v) is 4.45. The second kappa shape index (κ2) is 8.48. The Morgan fingerprint density at radius 2 is 1.81 bits per heavy atom. The number of carbonyl (C=O) groups is 1. The van der Waals surface area contributed by atoms with Crippen molar-refractivity contribution < 1.29 is 18.0 Å². The lowest BCUT2D eigenvalue weighted by Crippen LogP contribution is -2.55. The number of rotatable bonds is 6. The Morgan fingerprint density at radius 3 is 2.53 bits per heavy atom. The first-order valence-corrected chi connectivity index (χ1v) is 11.1. The number of piperazine rings is 1. The highest BCUT2D eigenvalue weighted by molar-refractivity contribution is 5.91. The van der Waals surface area contributed by atoms with Crippen molar-refractivity contribution in [3.05, 3.63) is 65.5 Å². The van der Waals surface area contributed by atoms with Crippen LogP contribution in [0.25, 0.3) is 0 Å². The Morgan fingerprint density at radius 1 is 1.03 bits per heavy atom. The standard InChI is InChI=1S/C24H25F3N4O/c25-17-6-4-16(5-7-17)23-24(28-18-8-9-19(26)20(27)13-18)31-12-11-30(14-21(31)29-23)22(32)10-3-15-1-2-15/h4-9,13,15,23-24,28H,1-3,10-12,14H2. The van der Waals surface area contributed by atoms with E-state index in [9.17, 15) is 18.0 Å². The number of halogens is 3. The lowest BCUT2D eigenvalue weighted by atomic mass is 10.0. The second-order valence-electron chi connectivity index (χ2n) is 8.75. The summed E-state index contributed by atoms with van der Waals surface area (Å²) in [5, 5.41) is 3.27. The van der Waals surface area contributed by atoms with Crippen molar-refractivity contribution in [3.63, 3.8) is 0 Å². The van der Waals surface area contributed by atoms with E-state index < -0.39 is 11.6 Å². The number of amides is 1. The molecule has 2 atom stereocenters. The van der Waals surface area contributed by atoms with Crippen molar-refractivity contribution in [2.24, 2.45) is 10.9 Å². The molecule has 3 aliphatic rings. The number of fused-ring (bicyclic) bond motifs is 1. The molecule has 0 aromatic heterocycles. The molecule has 5 rings (SSSR count). The molecule has 2 aromatic carbocycles. The average Bonchev–Trinajstić information content (AvgIpc) is 3.56. The molecule has 168 valence electrons. The van der Waals surface area contributed by atoms with Gasteiger partial charge in [-0.15, -0.1) is 0 Å². The van der Waals surface area contributed by atoms with E-state index in [-0.39, 0.29) is 23.9 Å². The molecule has 2 aliphatic heterocycles. The Balaban J connectivity index is 1.37. The van der Waals surface area contributed by atoms with Gasteiger partial charge < -0.3 is 15.1 Å². The predicted octanol–water partition coefficient (Wildman–Crippen LogP) is 4.33. The van der Waals surface area contributed by atoms with E-state index >= 15 is 0 Å². The number of anilines is 1. The fourth-order valence-electron chi connectivity index (χ4n) is 4.45. The number of nitrogens with zero attached hydrogens (tertiary/aromatic N) is 3. The van der Waals surface area contributed by atoms with Crippen LogP contribution in [-0.2, 0) is 4.79 Å². The van der Waals surface area contributed by atoms with Crippen molar-refractivity contribution in [1.29, 1.82) is 0 Å². The van der Waals surface area contributed by atoms with Crippen LogP contribution in [0, 0.1) is 23.4 Å². The number of nitrogens with one attached hydrogen (secondary N) is 1. The van der Waals surface area contributed by atoms with Gasteiger partial charge in [0.1, 0.15) is 23.9 Å². The van der Waals surface area contributed by atoms with Gasteiger partial charge in [0.05, 0.1) is 6.54 Å². The summed E-state index contributed by atoms with van der Waals surface area (Å²) < 4.78 is 40.7. The van der Waals surface area contributed by atoms with Crippen LogP contribution in [0.1, 0.15) is 37.3 Å². The molecule has 1 N–H and O–H groups in total. The van der Waals surface area contributed by atoms with E-state index in [1.807, 2.05) is 4.90 Å². The van der Waals surface area contributed by atoms with E-state index in [2.05, 4.69) is 10.2 Å². The van der Waals surface area contributed by atoms with Crippen LogP contribution in [0.2, 0.25) is 0 Å². The zero-order valence-electron chi connectivity index (χ0n) is 17.6. The molecule has 0 bridgehead atoms. The van der Waals surface area contributed by atoms with E-state index in [1.165, 1.54) is 31.0 Å². The first-order chi connectivity index (χ1) is 15.5. The number of carbonyl (C=O) groups excluding carboxylic acids is 1. The number of benzene rings is 2. The minimum atomic E-state index is -0.932. The van der Waals surface area contributed by atoms with Gasteiger partial charge in [0.25, 0.3) is 0 Å². The summed E-state index contributed by atoms with van der Waals surface area (Å²) in [6.45, 7) is 1.57. The molecule has 0 spiro atoms. The van der Waals surface area contributed by atoms with Gasteiger partial charge in [-0.2, -0.15) is 0 Å². The monoisotopic (exact) mass is 442 g/mol. The third-order valence-corrected chi connectivity index (χ3v) is 6.46. The van der Waals surface area contributed by atoms with Crippen LogP contribution in [0.4, 0.5) is 18.9 Å². The summed E-state index contributed by atoms with van der Waals surface area (Å²) in [6, 6.07) is 9.44. The summed E-state index contributed by atoms with van der Waals surface area (Å²) in [7, 11) is 0. The molecular weight excluding hydrogens is 417 g/mol. The van der Waals surface area contributed by atoms with Crippen LogP contribution in [0.3, 0.4) is 0 Å². The van der Waals surface area contributed by atoms with E-state index in [0.717, 1.165) is 30.0 Å². The largest absolute Gasteiger partial charge is 0.363 e. The minimum absolute atomic E-state index is 0.148. The van der Waals surface area contributed by atoms with Gasteiger partial charge in [0.2, 0.25) is 5.91 Å². The summed E-state index contributed by atoms with van der Waals surface area (Å²) >= 11 is 0. The van der Waals surface area contributed by atoms with Gasteiger partial charge in [-0.05, 0) is 42.2 Å². The van der Waals surface area contributed by atoms with Crippen molar-refractivity contribution in [2.75, 3.05) is 25.0 Å². The maximum atomic E-state index is 13.8. The molecule has 5 nitrogen and oxygen atoms in total. The lowest BCUT2D eigenvalue weighted by molar-refractivity contribution is -0.131. The summed E-state index contributed by atoms with van der Waals surface area (Å²) in [4.78, 5) is 21.4. The maximum Gasteiger partial charge on any atom is 0.223 e. The molecule has 2 fully saturated rings. The Labute approximate surface area is 184 Å². The molecule has 1 saturated carbocycles. The molecule has 2 unspecified atom stereocenters. The maximum absolute atomic E-state index is 13.8. The van der Waals surface area contributed by atoms with Crippen molar-refractivity contribution in [2.45, 2.75) is 37.9 Å². The number of hydrogen-bond acceptors (Lipinski definition) is 4. The third kappa shape index (κ3) is 4.31. The highest BCUT2D eigenvalue weighted by atomic mass is 19.2. The molecule has 1 saturated heterocycles. The lowest BCUT2D eigenvalue weighted by Gasteiger charge is -2.38. The van der Waals surface area contributed by atoms with Gasteiger partial charge in [-0.1, -0.05) is 25.0 Å². The predicted molar refractivity (Wildman–Crippen MR) is 116 cm³/mol. The number of aliphatic imine (C=N–C) groups is 1. The van der Waals surface area contributed by atoms with Crippen molar-refractivity contribution in [1.82, 2.24) is 9.80 Å². The SMILES string of the molecule is O=C(CCC1CC1)N1CCN2C(=NC(c3ccc(F)cc3)C2Nc2ccc(F)c(F)c2)C1. The first-order valence-electron chi connectivity index (χ1n) is 11.1. The second-order valence-corrected chi connectivity index (χ2v) is 8.75. The third-order valence-electron chi connectivity index (χ3n) is 6.46. The van der Waals surface area contributed by atoms with Gasteiger partial charge >= 0.3 is 0 Å². The Kier molecular flexibility index (Phi) is 5.53. The number of hydrogen-bond donors (Lipinski definition) is 1.